The fourth-order valence-electron chi connectivity index (χ4n) is 2.28. The molecule has 1 N–H and O–H groups in total. The minimum absolute atomic E-state index is 0.0104. The molecule has 1 aromatic carbocycles. The molecule has 0 radical (unpaired) electrons. The van der Waals surface area contributed by atoms with Crippen LogP contribution in [0.5, 0.6) is 0 Å². The maximum absolute atomic E-state index is 12.5. The third-order valence-corrected chi connectivity index (χ3v) is 3.23. The number of rotatable bonds is 1. The van der Waals surface area contributed by atoms with Crippen LogP contribution in [-0.2, 0) is 9.59 Å². The van der Waals surface area contributed by atoms with E-state index in [1.165, 1.54) is 0 Å². The topological polar surface area (TPSA) is 49.4 Å². The number of hydrogen-bond acceptors (Lipinski definition) is 2. The van der Waals surface area contributed by atoms with Crippen molar-refractivity contribution in [2.24, 2.45) is 5.41 Å². The second-order valence-corrected chi connectivity index (χ2v) is 5.85. The fraction of sp³-hybridized carbons (Fsp3) is 0.467. The quantitative estimate of drug-likeness (QED) is 0.836. The Kier molecular flexibility index (Phi) is 3.60. The summed E-state index contributed by atoms with van der Waals surface area (Å²) in [7, 11) is 0. The van der Waals surface area contributed by atoms with Gasteiger partial charge in [-0.25, -0.2) is 0 Å². The second kappa shape index (κ2) is 5.03. The van der Waals surface area contributed by atoms with Crippen LogP contribution in [0.2, 0.25) is 0 Å². The molecule has 1 aliphatic rings. The zero-order valence-corrected chi connectivity index (χ0v) is 11.6. The van der Waals surface area contributed by atoms with Crippen LogP contribution < -0.4 is 5.32 Å². The summed E-state index contributed by atoms with van der Waals surface area (Å²) in [5, 5.41) is 2.83. The summed E-state index contributed by atoms with van der Waals surface area (Å²) in [6, 6.07) is 8.94. The molecular weight excluding hydrogens is 240 g/mol. The highest BCUT2D eigenvalue weighted by atomic mass is 16.2. The zero-order chi connectivity index (χ0) is 14.0. The highest BCUT2D eigenvalue weighted by Gasteiger charge is 2.38. The number of carbonyl (C=O) groups excluding carboxylic acids is 2. The van der Waals surface area contributed by atoms with Crippen molar-refractivity contribution in [3.05, 3.63) is 35.9 Å². The summed E-state index contributed by atoms with van der Waals surface area (Å²) >= 11 is 0. The lowest BCUT2D eigenvalue weighted by Gasteiger charge is -2.38. The molecule has 1 aliphatic heterocycles. The summed E-state index contributed by atoms with van der Waals surface area (Å²) < 4.78 is 0. The van der Waals surface area contributed by atoms with Gasteiger partial charge in [-0.2, -0.15) is 0 Å². The molecule has 102 valence electrons. The summed E-state index contributed by atoms with van der Waals surface area (Å²) in [6.07, 6.45) is 0. The Morgan fingerprint density at radius 1 is 1.26 bits per heavy atom. The molecule has 0 spiro atoms. The first kappa shape index (κ1) is 13.6. The normalized spacial score (nSPS) is 20.1. The largest absolute Gasteiger partial charge is 0.352 e. The van der Waals surface area contributed by atoms with Crippen LogP contribution in [0.15, 0.2) is 30.3 Å². The molecule has 4 heteroatoms. The smallest absolute Gasteiger partial charge is 0.247 e. The molecule has 1 atom stereocenters. The minimum atomic E-state index is -0.512. The number of hydrogen-bond donors (Lipinski definition) is 1. The Morgan fingerprint density at radius 2 is 1.89 bits per heavy atom. The Hall–Kier alpha value is -1.84. The van der Waals surface area contributed by atoms with Crippen molar-refractivity contribution in [3.8, 4) is 0 Å². The van der Waals surface area contributed by atoms with Gasteiger partial charge in [0.1, 0.15) is 6.04 Å². The van der Waals surface area contributed by atoms with E-state index in [9.17, 15) is 9.59 Å². The van der Waals surface area contributed by atoms with Gasteiger partial charge in [0, 0.05) is 18.5 Å². The molecule has 0 bridgehead atoms. The zero-order valence-electron chi connectivity index (χ0n) is 11.6. The van der Waals surface area contributed by atoms with E-state index in [1.54, 1.807) is 4.90 Å². The lowest BCUT2D eigenvalue weighted by molar-refractivity contribution is -0.149. The van der Waals surface area contributed by atoms with Crippen molar-refractivity contribution in [2.75, 3.05) is 13.1 Å². The Labute approximate surface area is 113 Å². The molecule has 1 heterocycles. The van der Waals surface area contributed by atoms with Gasteiger partial charge in [-0.15, -0.1) is 0 Å². The average Bonchev–Trinajstić information content (AvgIpc) is 2.37. The maximum Gasteiger partial charge on any atom is 0.247 e. The highest BCUT2D eigenvalue weighted by Crippen LogP contribution is 2.28. The number of piperazine rings is 1. The van der Waals surface area contributed by atoms with Crippen LogP contribution in [0.4, 0.5) is 0 Å². The fourth-order valence-corrected chi connectivity index (χ4v) is 2.28. The van der Waals surface area contributed by atoms with Crippen LogP contribution in [0.1, 0.15) is 32.4 Å². The summed E-state index contributed by atoms with van der Waals surface area (Å²) in [5.74, 6) is -0.0914. The highest BCUT2D eigenvalue weighted by molar-refractivity contribution is 5.91. The van der Waals surface area contributed by atoms with E-state index < -0.39 is 11.5 Å². The molecule has 0 aromatic heterocycles. The Balaban J connectivity index is 2.35. The van der Waals surface area contributed by atoms with Gasteiger partial charge in [0.25, 0.3) is 0 Å². The third-order valence-electron chi connectivity index (χ3n) is 3.23. The summed E-state index contributed by atoms with van der Waals surface area (Å²) in [4.78, 5) is 26.3. The van der Waals surface area contributed by atoms with Crippen LogP contribution in [-0.4, -0.2) is 29.8 Å². The maximum atomic E-state index is 12.5. The molecule has 1 fully saturated rings. The minimum Gasteiger partial charge on any atom is -0.352 e. The molecule has 0 aliphatic carbocycles. The van der Waals surface area contributed by atoms with Crippen LogP contribution >= 0.6 is 0 Å². The first-order valence-corrected chi connectivity index (χ1v) is 6.55. The van der Waals surface area contributed by atoms with Gasteiger partial charge in [-0.05, 0) is 5.56 Å². The van der Waals surface area contributed by atoms with E-state index in [-0.39, 0.29) is 11.8 Å². The van der Waals surface area contributed by atoms with Crippen LogP contribution in [0, 0.1) is 5.41 Å². The number of amides is 2. The average molecular weight is 260 g/mol. The first-order valence-electron chi connectivity index (χ1n) is 6.55. The molecule has 0 saturated carbocycles. The van der Waals surface area contributed by atoms with Gasteiger partial charge in [0.15, 0.2) is 0 Å². The molecule has 2 rings (SSSR count). The number of benzene rings is 1. The molecule has 2 amide bonds. The van der Waals surface area contributed by atoms with Crippen molar-refractivity contribution < 1.29 is 9.59 Å². The van der Waals surface area contributed by atoms with Crippen molar-refractivity contribution in [1.82, 2.24) is 10.2 Å². The SMILES string of the molecule is CC(C)(C)C(=O)N1CCNC(=O)C1c1ccccc1. The van der Waals surface area contributed by atoms with E-state index in [1.807, 2.05) is 51.1 Å². The summed E-state index contributed by atoms with van der Waals surface area (Å²) in [5.41, 5.74) is 0.377. The van der Waals surface area contributed by atoms with Gasteiger partial charge in [-0.1, -0.05) is 51.1 Å². The van der Waals surface area contributed by atoms with Gasteiger partial charge >= 0.3 is 0 Å². The molecular formula is C15H20N2O2. The molecule has 1 aromatic rings. The van der Waals surface area contributed by atoms with Crippen molar-refractivity contribution in [2.45, 2.75) is 26.8 Å². The van der Waals surface area contributed by atoms with Gasteiger partial charge in [0.2, 0.25) is 11.8 Å². The van der Waals surface area contributed by atoms with Crippen molar-refractivity contribution >= 4 is 11.8 Å². The van der Waals surface area contributed by atoms with Gasteiger partial charge in [0.05, 0.1) is 0 Å². The van der Waals surface area contributed by atoms with Crippen LogP contribution in [0.3, 0.4) is 0 Å². The molecule has 4 nitrogen and oxygen atoms in total. The molecule has 1 saturated heterocycles. The lowest BCUT2D eigenvalue weighted by Crippen LogP contribution is -2.54. The van der Waals surface area contributed by atoms with E-state index in [4.69, 9.17) is 0 Å². The standard InChI is InChI=1S/C15H20N2O2/c1-15(2,3)14(19)17-10-9-16-13(18)12(17)11-7-5-4-6-8-11/h4-8,12H,9-10H2,1-3H3,(H,16,18). The van der Waals surface area contributed by atoms with Crippen molar-refractivity contribution in [3.63, 3.8) is 0 Å². The first-order chi connectivity index (χ1) is 8.91. The molecule has 1 unspecified atom stereocenters. The van der Waals surface area contributed by atoms with E-state index in [2.05, 4.69) is 5.32 Å². The predicted molar refractivity (Wildman–Crippen MR) is 73.4 cm³/mol. The van der Waals surface area contributed by atoms with Gasteiger partial charge in [-0.3, -0.25) is 9.59 Å². The third kappa shape index (κ3) is 2.78. The Bertz CT molecular complexity index is 477. The molecule has 19 heavy (non-hydrogen) atoms. The van der Waals surface area contributed by atoms with Gasteiger partial charge < -0.3 is 10.2 Å². The number of carbonyl (C=O) groups is 2. The second-order valence-electron chi connectivity index (χ2n) is 5.85. The van der Waals surface area contributed by atoms with E-state index in [0.29, 0.717) is 13.1 Å². The van der Waals surface area contributed by atoms with E-state index >= 15 is 0 Å². The number of nitrogens with zero attached hydrogens (tertiary/aromatic N) is 1. The van der Waals surface area contributed by atoms with E-state index in [0.717, 1.165) is 5.56 Å². The monoisotopic (exact) mass is 260 g/mol. The number of nitrogens with one attached hydrogen (secondary N) is 1. The van der Waals surface area contributed by atoms with Crippen LogP contribution in [0.25, 0.3) is 0 Å². The Morgan fingerprint density at radius 3 is 2.47 bits per heavy atom. The lowest BCUT2D eigenvalue weighted by atomic mass is 9.92. The summed E-state index contributed by atoms with van der Waals surface area (Å²) in [6.45, 7) is 6.71. The van der Waals surface area contributed by atoms with Crippen molar-refractivity contribution in [1.29, 1.82) is 0 Å². The predicted octanol–water partition coefficient (Wildman–Crippen LogP) is 1.73.